The summed E-state index contributed by atoms with van der Waals surface area (Å²) in [4.78, 5) is 13.0. The molecular formula is C19H28N4O3S3. The smallest absolute Gasteiger partial charge is 0.250 e. The number of hydrogen-bond acceptors (Lipinski definition) is 7. The van der Waals surface area contributed by atoms with E-state index in [1.165, 1.54) is 15.6 Å². The van der Waals surface area contributed by atoms with Crippen molar-refractivity contribution >= 4 is 49.8 Å². The second-order valence-corrected chi connectivity index (χ2v) is 11.4. The average Bonchev–Trinajstić information content (AvgIpc) is 3.06. The molecule has 2 aromatic rings. The van der Waals surface area contributed by atoms with Crippen LogP contribution in [0, 0.1) is 19.8 Å². The van der Waals surface area contributed by atoms with Crippen molar-refractivity contribution in [1.82, 2.24) is 10.2 Å². The summed E-state index contributed by atoms with van der Waals surface area (Å²) in [6.45, 7) is 9.76. The van der Waals surface area contributed by atoms with Crippen molar-refractivity contribution in [1.29, 1.82) is 0 Å². The molecule has 1 heterocycles. The topological polar surface area (TPSA) is 92.3 Å². The molecule has 0 spiro atoms. The van der Waals surface area contributed by atoms with E-state index in [4.69, 9.17) is 0 Å². The second kappa shape index (κ2) is 9.90. The van der Waals surface area contributed by atoms with Gasteiger partial charge in [-0.1, -0.05) is 56.0 Å². The number of nitrogens with zero attached hydrogens (tertiary/aromatic N) is 3. The summed E-state index contributed by atoms with van der Waals surface area (Å²) < 4.78 is 27.2. The van der Waals surface area contributed by atoms with Crippen LogP contribution in [0.2, 0.25) is 0 Å². The van der Waals surface area contributed by atoms with Gasteiger partial charge in [-0.3, -0.25) is 14.4 Å². The molecule has 0 radical (unpaired) electrons. The molecule has 0 aliphatic carbocycles. The normalized spacial score (nSPS) is 12.8. The summed E-state index contributed by atoms with van der Waals surface area (Å²) in [5, 5.41) is 11.2. The highest BCUT2D eigenvalue weighted by Gasteiger charge is 2.33. The first-order chi connectivity index (χ1) is 13.5. The fourth-order valence-corrected chi connectivity index (χ4v) is 5.73. The van der Waals surface area contributed by atoms with Crippen molar-refractivity contribution in [2.24, 2.45) is 5.92 Å². The van der Waals surface area contributed by atoms with Crippen molar-refractivity contribution in [2.75, 3.05) is 21.6 Å². The van der Waals surface area contributed by atoms with Crippen molar-refractivity contribution in [3.8, 4) is 0 Å². The van der Waals surface area contributed by atoms with Crippen molar-refractivity contribution < 1.29 is 13.2 Å². The number of amides is 1. The Morgan fingerprint density at radius 1 is 1.28 bits per heavy atom. The molecule has 1 aromatic carbocycles. The molecule has 160 valence electrons. The Kier molecular flexibility index (Phi) is 8.07. The predicted molar refractivity (Wildman–Crippen MR) is 121 cm³/mol. The number of thioether (sulfide) groups is 1. The van der Waals surface area contributed by atoms with Gasteiger partial charge >= 0.3 is 0 Å². The van der Waals surface area contributed by atoms with Crippen LogP contribution >= 0.6 is 23.1 Å². The van der Waals surface area contributed by atoms with Gasteiger partial charge in [0.1, 0.15) is 6.04 Å². The number of hydrogen-bond donors (Lipinski definition) is 1. The molecular weight excluding hydrogens is 428 g/mol. The van der Waals surface area contributed by atoms with E-state index in [0.717, 1.165) is 27.5 Å². The number of aromatic nitrogens is 2. The summed E-state index contributed by atoms with van der Waals surface area (Å²) >= 11 is 2.88. The van der Waals surface area contributed by atoms with Crippen LogP contribution < -0.4 is 9.62 Å². The van der Waals surface area contributed by atoms with E-state index < -0.39 is 22.0 Å². The van der Waals surface area contributed by atoms with Gasteiger partial charge in [-0.25, -0.2) is 8.42 Å². The highest BCUT2D eigenvalue weighted by molar-refractivity contribution is 8.01. The quantitative estimate of drug-likeness (QED) is 0.451. The zero-order valence-corrected chi connectivity index (χ0v) is 20.0. The highest BCUT2D eigenvalue weighted by Crippen LogP contribution is 2.30. The lowest BCUT2D eigenvalue weighted by Gasteiger charge is -2.31. The molecule has 2 rings (SSSR count). The average molecular weight is 457 g/mol. The van der Waals surface area contributed by atoms with Crippen LogP contribution in [0.25, 0.3) is 0 Å². The Bertz CT molecular complexity index is 957. The number of carbonyl (C=O) groups excluding carboxylic acids is 1. The predicted octanol–water partition coefficient (Wildman–Crippen LogP) is 4.09. The fraction of sp³-hybridized carbons (Fsp3) is 0.526. The zero-order chi connectivity index (χ0) is 21.8. The second-order valence-electron chi connectivity index (χ2n) is 7.34. The van der Waals surface area contributed by atoms with Crippen LogP contribution in [0.1, 0.15) is 38.3 Å². The maximum atomic E-state index is 13.0. The van der Waals surface area contributed by atoms with Gasteiger partial charge in [0.2, 0.25) is 21.1 Å². The van der Waals surface area contributed by atoms with E-state index in [-0.39, 0.29) is 0 Å². The molecule has 0 aliphatic heterocycles. The lowest BCUT2D eigenvalue weighted by atomic mass is 10.1. The van der Waals surface area contributed by atoms with Crippen LogP contribution in [-0.4, -0.2) is 42.6 Å². The van der Waals surface area contributed by atoms with Gasteiger partial charge in [0.25, 0.3) is 0 Å². The first-order valence-corrected chi connectivity index (χ1v) is 13.0. The SMILES string of the molecule is CCC(C(=O)Nc1nnc(SCC(C)C)s1)N(c1cc(C)ccc1C)S(C)(=O)=O. The van der Waals surface area contributed by atoms with Crippen LogP contribution in [0.3, 0.4) is 0 Å². The third-order valence-corrected chi connectivity index (χ3v) is 7.67. The zero-order valence-electron chi connectivity index (χ0n) is 17.6. The van der Waals surface area contributed by atoms with E-state index in [1.807, 2.05) is 26.0 Å². The lowest BCUT2D eigenvalue weighted by Crippen LogP contribution is -2.47. The third kappa shape index (κ3) is 6.42. The van der Waals surface area contributed by atoms with E-state index in [0.29, 0.717) is 23.2 Å². The molecule has 1 atom stereocenters. The summed E-state index contributed by atoms with van der Waals surface area (Å²) in [6, 6.07) is 4.67. The number of aryl methyl sites for hydroxylation is 2. The number of nitrogens with one attached hydrogen (secondary N) is 1. The van der Waals surface area contributed by atoms with Crippen LogP contribution in [0.4, 0.5) is 10.8 Å². The summed E-state index contributed by atoms with van der Waals surface area (Å²) in [7, 11) is -3.68. The molecule has 29 heavy (non-hydrogen) atoms. The van der Waals surface area contributed by atoms with Crippen molar-refractivity contribution in [2.45, 2.75) is 51.4 Å². The standard InChI is InChI=1S/C19H28N4O3S3/c1-7-15(17(24)20-18-21-22-19(28-18)27-11-12(2)3)23(29(6,25)26)16-10-13(4)8-9-14(16)5/h8-10,12,15H,7,11H2,1-6H3,(H,20,21,24). The molecule has 0 bridgehead atoms. The Morgan fingerprint density at radius 3 is 2.55 bits per heavy atom. The third-order valence-electron chi connectivity index (χ3n) is 4.11. The van der Waals surface area contributed by atoms with Gasteiger partial charge in [0.15, 0.2) is 4.34 Å². The molecule has 1 N–H and O–H groups in total. The molecule has 7 nitrogen and oxygen atoms in total. The highest BCUT2D eigenvalue weighted by atomic mass is 32.2. The Balaban J connectivity index is 2.28. The largest absolute Gasteiger partial charge is 0.299 e. The van der Waals surface area contributed by atoms with Crippen LogP contribution in [0.5, 0.6) is 0 Å². The molecule has 1 unspecified atom stereocenters. The first kappa shape index (κ1) is 23.6. The van der Waals surface area contributed by atoms with Crippen molar-refractivity contribution in [3.05, 3.63) is 29.3 Å². The number of anilines is 2. The minimum atomic E-state index is -3.68. The minimum absolute atomic E-state index is 0.319. The molecule has 1 aromatic heterocycles. The van der Waals surface area contributed by atoms with E-state index in [1.54, 1.807) is 24.8 Å². The molecule has 0 saturated heterocycles. The number of rotatable bonds is 9. The summed E-state index contributed by atoms with van der Waals surface area (Å²) in [6.07, 6.45) is 1.44. The van der Waals surface area contributed by atoms with Gasteiger partial charge in [0.05, 0.1) is 11.9 Å². The fourth-order valence-electron chi connectivity index (χ4n) is 2.74. The maximum absolute atomic E-state index is 13.0. The lowest BCUT2D eigenvalue weighted by molar-refractivity contribution is -0.117. The summed E-state index contributed by atoms with van der Waals surface area (Å²) in [5.74, 6) is 1.01. The Hall–Kier alpha value is -1.65. The van der Waals surface area contributed by atoms with Crippen LogP contribution in [-0.2, 0) is 14.8 Å². The van der Waals surface area contributed by atoms with E-state index in [9.17, 15) is 13.2 Å². The Labute approximate surface area is 181 Å². The summed E-state index contributed by atoms with van der Waals surface area (Å²) in [5.41, 5.74) is 2.22. The molecule has 0 fully saturated rings. The van der Waals surface area contributed by atoms with Gasteiger partial charge in [-0.05, 0) is 43.4 Å². The van der Waals surface area contributed by atoms with Gasteiger partial charge in [-0.2, -0.15) is 0 Å². The van der Waals surface area contributed by atoms with Crippen LogP contribution in [0.15, 0.2) is 22.5 Å². The van der Waals surface area contributed by atoms with Crippen molar-refractivity contribution in [3.63, 3.8) is 0 Å². The molecule has 0 saturated carbocycles. The number of benzene rings is 1. The van der Waals surface area contributed by atoms with E-state index >= 15 is 0 Å². The molecule has 1 amide bonds. The van der Waals surface area contributed by atoms with Gasteiger partial charge in [-0.15, -0.1) is 10.2 Å². The Morgan fingerprint density at radius 2 is 1.97 bits per heavy atom. The minimum Gasteiger partial charge on any atom is -0.299 e. The number of carbonyl (C=O) groups is 1. The van der Waals surface area contributed by atoms with E-state index in [2.05, 4.69) is 29.4 Å². The monoisotopic (exact) mass is 456 g/mol. The number of sulfonamides is 1. The van der Waals surface area contributed by atoms with Gasteiger partial charge < -0.3 is 0 Å². The molecule has 10 heteroatoms. The van der Waals surface area contributed by atoms with Gasteiger partial charge in [0, 0.05) is 5.75 Å². The first-order valence-electron chi connectivity index (χ1n) is 9.36. The molecule has 0 aliphatic rings. The maximum Gasteiger partial charge on any atom is 0.250 e.